The Morgan fingerprint density at radius 1 is 0.654 bits per heavy atom. The van der Waals surface area contributed by atoms with Gasteiger partial charge in [-0.25, -0.2) is 9.36 Å². The van der Waals surface area contributed by atoms with Gasteiger partial charge in [-0.05, 0) is 0 Å². The van der Waals surface area contributed by atoms with Gasteiger partial charge in [0.15, 0.2) is 0 Å². The number of hydrogen-bond donors (Lipinski definition) is 8. The first-order valence-corrected chi connectivity index (χ1v) is 3.77. The fourth-order valence-corrected chi connectivity index (χ4v) is 0. The molecule has 0 aliphatic carbocycles. The molecule has 0 aromatic heterocycles. The van der Waals surface area contributed by atoms with Gasteiger partial charge in [0.05, 0.1) is 0 Å². The molecule has 0 aromatic rings. The zero-order chi connectivity index (χ0) is 11.7. The fraction of sp³-hybridized carbons (Fsp3) is 0. The first-order valence-electron chi connectivity index (χ1n) is 2.21. The monoisotopic (exact) mass is 498 g/mol. The van der Waals surface area contributed by atoms with Crippen LogP contribution in [-0.2, 0) is 24.0 Å². The van der Waals surface area contributed by atoms with Crippen LogP contribution in [-0.4, -0.2) is 157 Å². The molecule has 0 atom stereocenters. The minimum atomic E-state index is -4.64. The van der Waals surface area contributed by atoms with E-state index >= 15 is 0 Å². The first kappa shape index (κ1) is 149. The van der Waals surface area contributed by atoms with Crippen LogP contribution in [0.2, 0.25) is 0 Å². The second-order valence-electron chi connectivity index (χ2n) is 1.14. The van der Waals surface area contributed by atoms with Gasteiger partial charge in [-0.2, -0.15) is 0 Å². The third-order valence-electron chi connectivity index (χ3n) is 0. The summed E-state index contributed by atoms with van der Waals surface area (Å²) in [4.78, 5) is 30.1. The van der Waals surface area contributed by atoms with Crippen LogP contribution in [0.5, 0.6) is 0 Å². The van der Waals surface area contributed by atoms with Gasteiger partial charge in [-0.1, -0.05) is 0 Å². The van der Waals surface area contributed by atoms with Crippen molar-refractivity contribution in [2.75, 3.05) is 0 Å². The Balaban J connectivity index is -0.00000000331. The topological polar surface area (TPSA) is 511 Å². The van der Waals surface area contributed by atoms with Crippen molar-refractivity contribution in [3.8, 4) is 0 Å². The van der Waals surface area contributed by atoms with Gasteiger partial charge in [-0.15, -0.1) is 0 Å². The summed E-state index contributed by atoms with van der Waals surface area (Å²) in [6.45, 7) is 0. The molecule has 0 unspecified atom stereocenters. The van der Waals surface area contributed by atoms with Crippen molar-refractivity contribution in [2.24, 2.45) is 0 Å². The van der Waals surface area contributed by atoms with Gasteiger partial charge in [0.25, 0.3) is 0 Å². The minimum Gasteiger partial charge on any atom is 0 e. The third kappa shape index (κ3) is 11200. The van der Waals surface area contributed by atoms with Crippen molar-refractivity contribution in [1.29, 1.82) is 0 Å². The zero-order valence-electron chi connectivity index (χ0n) is 11.6. The molecule has 26 heavy (non-hydrogen) atoms. The maximum Gasteiger partial charge on any atom is 0 e. The van der Waals surface area contributed by atoms with E-state index in [1.54, 1.807) is 0 Å². The number of rotatable bonds is 0. The Bertz CT molecular complexity index is 164. The standard InChI is InChI=1S/CH2O3.BH3O3.Li.Na.H3O4P.10H2O.Zn.2H/c2*2-1(3)4;;;1-5(2,3)4;;;;;;;;;;;;;/h(H2,2,3,4);2-4H;;;(H3,1,2,3,4);10*1H2;;;. The summed E-state index contributed by atoms with van der Waals surface area (Å²) in [5.41, 5.74) is 0. The molecule has 0 saturated heterocycles. The van der Waals surface area contributed by atoms with Crippen LogP contribution < -0.4 is 0 Å². The van der Waals surface area contributed by atoms with Crippen LogP contribution in [0, 0.1) is 0 Å². The van der Waals surface area contributed by atoms with Crippen molar-refractivity contribution in [3.63, 3.8) is 0 Å². The van der Waals surface area contributed by atoms with Gasteiger partial charge in [0, 0.05) is 19.5 Å². The van der Waals surface area contributed by atoms with E-state index in [0.29, 0.717) is 0 Å². The minimum absolute atomic E-state index is 0. The van der Waals surface area contributed by atoms with Gasteiger partial charge in [0.2, 0.25) is 0 Å². The molecular formula is CH30BLiNaO20PZn. The van der Waals surface area contributed by atoms with E-state index in [9.17, 15) is 0 Å². The molecule has 0 amide bonds. The van der Waals surface area contributed by atoms with Gasteiger partial charge >= 0.3 is 69.7 Å². The Kier molecular flexibility index (Phi) is 550. The van der Waals surface area contributed by atoms with Crippen LogP contribution in [0.15, 0.2) is 0 Å². The number of carbonyl (C=O) groups is 1. The summed E-state index contributed by atoms with van der Waals surface area (Å²) in [7, 11) is -6.81. The molecule has 28 N–H and O–H groups in total. The van der Waals surface area contributed by atoms with E-state index < -0.39 is 21.3 Å². The average Bonchev–Trinajstić information content (AvgIpc) is 1.50. The van der Waals surface area contributed by atoms with Crippen LogP contribution >= 0.6 is 7.82 Å². The largest absolute Gasteiger partial charge is 0 e. The van der Waals surface area contributed by atoms with Crippen molar-refractivity contribution in [2.45, 2.75) is 0 Å². The predicted molar refractivity (Wildman–Crippen MR) is 87.8 cm³/mol. The molecule has 0 saturated carbocycles. The van der Waals surface area contributed by atoms with E-state index in [4.69, 9.17) is 49.3 Å². The fourth-order valence-electron chi connectivity index (χ4n) is 0. The van der Waals surface area contributed by atoms with E-state index in [2.05, 4.69) is 0 Å². The number of hydrogen-bond acceptors (Lipinski definition) is 5. The quantitative estimate of drug-likeness (QED) is 0.115. The van der Waals surface area contributed by atoms with Crippen molar-refractivity contribution in [1.82, 2.24) is 0 Å². The summed E-state index contributed by atoms with van der Waals surface area (Å²) in [5.74, 6) is 0. The van der Waals surface area contributed by atoms with Crippen molar-refractivity contribution < 1.29 is 124 Å². The van der Waals surface area contributed by atoms with Crippen LogP contribution in [0.3, 0.4) is 0 Å². The predicted octanol–water partition coefficient (Wildman–Crippen LogP) is -12.3. The number of carboxylic acid groups (broad SMARTS) is 2. The van der Waals surface area contributed by atoms with Crippen LogP contribution in [0.4, 0.5) is 4.79 Å². The molecule has 0 aliphatic rings. The molecule has 20 nitrogen and oxygen atoms in total. The molecule has 0 spiro atoms. The van der Waals surface area contributed by atoms with Crippen molar-refractivity contribution in [3.05, 3.63) is 0 Å². The van der Waals surface area contributed by atoms with Gasteiger partial charge < -0.3 is 94.7 Å². The van der Waals surface area contributed by atoms with E-state index in [1.165, 1.54) is 0 Å². The normalized spacial score (nSPS) is 4.23. The molecule has 0 fully saturated rings. The maximum absolute atomic E-state index is 8.88. The van der Waals surface area contributed by atoms with Gasteiger partial charge in [-0.3, -0.25) is 0 Å². The Morgan fingerprint density at radius 2 is 0.654 bits per heavy atom. The molecular weight excluding hydrogens is 469 g/mol. The Hall–Kier alpha value is 1.15. The summed E-state index contributed by atoms with van der Waals surface area (Å²) in [6.07, 6.45) is -1.83. The maximum atomic E-state index is 8.88. The molecule has 0 bridgehead atoms. The molecule has 0 rings (SSSR count). The van der Waals surface area contributed by atoms with E-state index in [1.807, 2.05) is 0 Å². The van der Waals surface area contributed by atoms with Gasteiger partial charge in [0.1, 0.15) is 0 Å². The summed E-state index contributed by atoms with van der Waals surface area (Å²) in [6, 6.07) is 0. The second kappa shape index (κ2) is 95.7. The molecule has 166 valence electrons. The number of phosphoric acid groups is 1. The summed E-state index contributed by atoms with van der Waals surface area (Å²) < 4.78 is 8.88. The molecule has 0 aliphatic heterocycles. The van der Waals surface area contributed by atoms with Crippen molar-refractivity contribution >= 4 is 69.7 Å². The van der Waals surface area contributed by atoms with E-state index in [0.717, 1.165) is 0 Å². The van der Waals surface area contributed by atoms with Crippen LogP contribution in [0.25, 0.3) is 0 Å². The molecule has 0 radical (unpaired) electrons. The Morgan fingerprint density at radius 3 is 0.654 bits per heavy atom. The molecule has 0 heterocycles. The SMILES string of the molecule is O.O.O.O.O.O.O.O.O.O.O=C(O)O.O=P(O)(O)O.OB(O)O.[LiH].[NaH].[Zn]. The van der Waals surface area contributed by atoms with E-state index in [-0.39, 0.29) is 123 Å². The second-order valence-corrected chi connectivity index (χ2v) is 2.17. The summed E-state index contributed by atoms with van der Waals surface area (Å²) >= 11 is 0. The third-order valence-corrected chi connectivity index (χ3v) is 0. The molecule has 0 aromatic carbocycles. The first-order chi connectivity index (χ1) is 5.46. The zero-order valence-corrected chi connectivity index (χ0v) is 15.5. The molecule has 25 heteroatoms. The summed E-state index contributed by atoms with van der Waals surface area (Å²) in [5, 5.41) is 35.4. The Labute approximate surface area is 192 Å². The average molecular weight is 499 g/mol. The smallest absolute Gasteiger partial charge is 0 e. The van der Waals surface area contributed by atoms with Crippen LogP contribution in [0.1, 0.15) is 0 Å².